The second-order valence-electron chi connectivity index (χ2n) is 15.1. The molecule has 0 bridgehead atoms. The lowest BCUT2D eigenvalue weighted by atomic mass is 9.50. The van der Waals surface area contributed by atoms with Crippen LogP contribution in [0.2, 0.25) is 18.1 Å². The van der Waals surface area contributed by atoms with Crippen LogP contribution in [-0.2, 0) is 32.8 Å². The Kier molecular flexibility index (Phi) is 8.65. The minimum absolute atomic E-state index is 0.0187. The van der Waals surface area contributed by atoms with Crippen LogP contribution in [0.3, 0.4) is 0 Å². The van der Waals surface area contributed by atoms with E-state index in [0.29, 0.717) is 38.8 Å². The van der Waals surface area contributed by atoms with Crippen molar-refractivity contribution in [1.82, 2.24) is 0 Å². The van der Waals surface area contributed by atoms with Crippen LogP contribution in [0.4, 0.5) is 0 Å². The third kappa shape index (κ3) is 5.30. The molecule has 0 aromatic rings. The Bertz CT molecular complexity index is 816. The lowest BCUT2D eigenvalue weighted by Crippen LogP contribution is -2.73. The van der Waals surface area contributed by atoms with Gasteiger partial charge in [-0.15, -0.1) is 0 Å². The van der Waals surface area contributed by atoms with Crippen LogP contribution in [-0.4, -0.2) is 78.9 Å². The van der Waals surface area contributed by atoms with Gasteiger partial charge in [-0.25, -0.2) is 0 Å². The summed E-state index contributed by atoms with van der Waals surface area (Å²) in [4.78, 5) is 0. The Balaban J connectivity index is 1.65. The Morgan fingerprint density at radius 1 is 0.895 bits per heavy atom. The maximum atomic E-state index is 7.16. The first-order valence-corrected chi connectivity index (χ1v) is 17.7. The van der Waals surface area contributed by atoms with Crippen molar-refractivity contribution in [3.8, 4) is 0 Å². The summed E-state index contributed by atoms with van der Waals surface area (Å²) in [6.45, 7) is 21.3. The van der Waals surface area contributed by atoms with E-state index in [1.165, 1.54) is 0 Å². The molecule has 4 rings (SSSR count). The van der Waals surface area contributed by atoms with Gasteiger partial charge in [0.2, 0.25) is 0 Å². The van der Waals surface area contributed by atoms with Crippen molar-refractivity contribution >= 4 is 8.32 Å². The van der Waals surface area contributed by atoms with E-state index in [9.17, 15) is 0 Å². The fourth-order valence-corrected chi connectivity index (χ4v) is 9.00. The molecule has 38 heavy (non-hydrogen) atoms. The molecule has 222 valence electrons. The summed E-state index contributed by atoms with van der Waals surface area (Å²) in [5, 5.41) is 0.177. The summed E-state index contributed by atoms with van der Waals surface area (Å²) < 4.78 is 44.9. The summed E-state index contributed by atoms with van der Waals surface area (Å²) in [6, 6.07) is 0. The lowest BCUT2D eigenvalue weighted by Gasteiger charge is -2.65. The molecule has 7 nitrogen and oxygen atoms in total. The maximum absolute atomic E-state index is 7.16. The highest BCUT2D eigenvalue weighted by Crippen LogP contribution is 2.67. The van der Waals surface area contributed by atoms with Gasteiger partial charge in [0, 0.05) is 32.5 Å². The number of rotatable bonds is 9. The summed E-state index contributed by atoms with van der Waals surface area (Å²) in [5.41, 5.74) is -0.951. The van der Waals surface area contributed by atoms with E-state index in [1.54, 1.807) is 7.11 Å². The second-order valence-corrected chi connectivity index (χ2v) is 19.8. The van der Waals surface area contributed by atoms with Gasteiger partial charge >= 0.3 is 0 Å². The molecule has 5 atom stereocenters. The molecule has 0 N–H and O–H groups in total. The molecular weight excluding hydrogens is 500 g/mol. The van der Waals surface area contributed by atoms with E-state index in [-0.39, 0.29) is 28.8 Å². The molecule has 3 saturated carbocycles. The van der Waals surface area contributed by atoms with Gasteiger partial charge in [0.1, 0.15) is 18.0 Å². The number of hydrogen-bond acceptors (Lipinski definition) is 7. The van der Waals surface area contributed by atoms with E-state index in [1.807, 2.05) is 7.11 Å². The summed E-state index contributed by atoms with van der Waals surface area (Å²) in [7, 11) is 1.63. The van der Waals surface area contributed by atoms with Crippen molar-refractivity contribution in [2.24, 2.45) is 16.7 Å². The highest BCUT2D eigenvalue weighted by Gasteiger charge is 2.72. The smallest absolute Gasteiger partial charge is 0.192 e. The molecule has 8 heteroatoms. The molecule has 3 aliphatic carbocycles. The molecule has 1 saturated heterocycles. The molecule has 1 heterocycles. The van der Waals surface area contributed by atoms with E-state index in [4.69, 9.17) is 32.8 Å². The van der Waals surface area contributed by atoms with Crippen molar-refractivity contribution in [3.63, 3.8) is 0 Å². The Morgan fingerprint density at radius 3 is 2.18 bits per heavy atom. The largest absolute Gasteiger partial charge is 0.413 e. The first kappa shape index (κ1) is 30.9. The topological polar surface area (TPSA) is 64.6 Å². The average molecular weight is 557 g/mol. The van der Waals surface area contributed by atoms with Gasteiger partial charge in [0.05, 0.1) is 32.5 Å². The second kappa shape index (κ2) is 10.6. The summed E-state index contributed by atoms with van der Waals surface area (Å²) in [5.74, 6) is -0.305. The standard InChI is InChI=1S/C30H56O7Si/c1-25(2,3)38(9,10)37-24-12-11-23-27(24,6)13-14-28(32-8)19-29(34-20-26(4,5)21-35-29)15-16-30(23,28)36-22-33-18-17-31-7/h23-24H,11-22H2,1-10H3/t23-,24+,27+,28+,30+/m1/s1. The molecule has 0 radical (unpaired) electrons. The van der Waals surface area contributed by atoms with Crippen LogP contribution >= 0.6 is 0 Å². The van der Waals surface area contributed by atoms with Crippen LogP contribution in [0.15, 0.2) is 0 Å². The molecule has 4 aliphatic rings. The van der Waals surface area contributed by atoms with Gasteiger partial charge in [-0.05, 0) is 61.6 Å². The molecular formula is C30H56O7Si. The van der Waals surface area contributed by atoms with Gasteiger partial charge < -0.3 is 32.8 Å². The zero-order valence-electron chi connectivity index (χ0n) is 26.0. The van der Waals surface area contributed by atoms with Gasteiger partial charge in [-0.1, -0.05) is 41.5 Å². The van der Waals surface area contributed by atoms with E-state index >= 15 is 0 Å². The Hall–Kier alpha value is -0.0631. The minimum Gasteiger partial charge on any atom is -0.413 e. The van der Waals surface area contributed by atoms with Crippen LogP contribution in [0, 0.1) is 16.7 Å². The van der Waals surface area contributed by atoms with Gasteiger partial charge in [0.25, 0.3) is 0 Å². The third-order valence-electron chi connectivity index (χ3n) is 11.0. The van der Waals surface area contributed by atoms with Gasteiger partial charge in [0.15, 0.2) is 14.1 Å². The number of ether oxygens (including phenoxy) is 6. The fraction of sp³-hybridized carbons (Fsp3) is 1.00. The average Bonchev–Trinajstić information content (AvgIpc) is 3.17. The predicted molar refractivity (Wildman–Crippen MR) is 151 cm³/mol. The van der Waals surface area contributed by atoms with E-state index in [2.05, 4.69) is 54.6 Å². The molecule has 0 amide bonds. The Labute approximate surface area is 233 Å². The zero-order chi connectivity index (χ0) is 28.1. The minimum atomic E-state index is -1.92. The van der Waals surface area contributed by atoms with Crippen molar-refractivity contribution in [1.29, 1.82) is 0 Å². The first-order chi connectivity index (χ1) is 17.6. The molecule has 1 aliphatic heterocycles. The third-order valence-corrected chi connectivity index (χ3v) is 15.5. The number of hydrogen-bond donors (Lipinski definition) is 0. The number of methoxy groups -OCH3 is 2. The van der Waals surface area contributed by atoms with Gasteiger partial charge in [-0.2, -0.15) is 0 Å². The molecule has 4 fully saturated rings. The Morgan fingerprint density at radius 2 is 1.58 bits per heavy atom. The van der Waals surface area contributed by atoms with Crippen molar-refractivity contribution in [2.75, 3.05) is 47.4 Å². The van der Waals surface area contributed by atoms with Crippen LogP contribution in [0.25, 0.3) is 0 Å². The highest BCUT2D eigenvalue weighted by molar-refractivity contribution is 6.74. The molecule has 0 aromatic carbocycles. The molecule has 1 spiro atoms. The van der Waals surface area contributed by atoms with E-state index in [0.717, 1.165) is 38.5 Å². The molecule has 0 aromatic heterocycles. The van der Waals surface area contributed by atoms with Gasteiger partial charge in [-0.3, -0.25) is 0 Å². The van der Waals surface area contributed by atoms with Crippen molar-refractivity contribution < 1.29 is 32.8 Å². The van der Waals surface area contributed by atoms with E-state index < -0.39 is 25.3 Å². The quantitative estimate of drug-likeness (QED) is 0.188. The van der Waals surface area contributed by atoms with Crippen LogP contribution in [0.5, 0.6) is 0 Å². The van der Waals surface area contributed by atoms with Crippen molar-refractivity contribution in [2.45, 2.75) is 128 Å². The molecule has 0 unspecified atom stereocenters. The van der Waals surface area contributed by atoms with Crippen LogP contribution in [0.1, 0.15) is 86.5 Å². The SMILES string of the molecule is COCCOCO[C@]12CCC3(C[C@@]1(OC)CC[C@]1(C)[C@@H](O[Si](C)(C)C(C)(C)C)CC[C@H]12)OCC(C)(C)CO3. The zero-order valence-corrected chi connectivity index (χ0v) is 27.0. The summed E-state index contributed by atoms with van der Waals surface area (Å²) in [6.07, 6.45) is 6.61. The van der Waals surface area contributed by atoms with Crippen molar-refractivity contribution in [3.05, 3.63) is 0 Å². The fourth-order valence-electron chi connectivity index (χ4n) is 7.55. The number of fused-ring (bicyclic) bond motifs is 3. The summed E-state index contributed by atoms with van der Waals surface area (Å²) >= 11 is 0. The normalized spacial score (nSPS) is 38.7. The lowest BCUT2D eigenvalue weighted by molar-refractivity contribution is -0.380. The van der Waals surface area contributed by atoms with Crippen LogP contribution < -0.4 is 0 Å². The monoisotopic (exact) mass is 556 g/mol. The maximum Gasteiger partial charge on any atom is 0.192 e. The highest BCUT2D eigenvalue weighted by atomic mass is 28.4. The first-order valence-electron chi connectivity index (χ1n) is 14.8. The predicted octanol–water partition coefficient (Wildman–Crippen LogP) is 6.30.